The summed E-state index contributed by atoms with van der Waals surface area (Å²) >= 11 is 0. The molecular weight excluding hydrogens is 558 g/mol. The molecule has 15 heteroatoms. The van der Waals surface area contributed by atoms with Crippen LogP contribution in [0, 0.1) is 0 Å². The first kappa shape index (κ1) is 28.8. The normalized spacial score (nSPS) is 21.8. The predicted octanol–water partition coefficient (Wildman–Crippen LogP) is 3.60. The zero-order valence-corrected chi connectivity index (χ0v) is 21.2. The Morgan fingerprint density at radius 1 is 1.05 bits per heavy atom. The third-order valence-corrected chi connectivity index (χ3v) is 7.95. The minimum absolute atomic E-state index is 0.0433. The zero-order chi connectivity index (χ0) is 29.2. The van der Waals surface area contributed by atoms with Crippen molar-refractivity contribution in [3.8, 4) is 0 Å². The van der Waals surface area contributed by atoms with Gasteiger partial charge in [0.1, 0.15) is 11.6 Å². The lowest BCUT2D eigenvalue weighted by Crippen LogP contribution is -2.55. The number of anilines is 1. The molecule has 1 saturated heterocycles. The number of benzene rings is 2. The van der Waals surface area contributed by atoms with E-state index in [-0.39, 0.29) is 22.7 Å². The highest BCUT2D eigenvalue weighted by Gasteiger charge is 2.71. The predicted molar refractivity (Wildman–Crippen MR) is 123 cm³/mol. The summed E-state index contributed by atoms with van der Waals surface area (Å²) in [4.78, 5) is 27.7. The number of hydrogen-bond donors (Lipinski definition) is 2. The van der Waals surface area contributed by atoms with Crippen LogP contribution in [-0.4, -0.2) is 61.1 Å². The highest BCUT2D eigenvalue weighted by Crippen LogP contribution is 2.50. The number of carbonyl (C=O) groups excluding carboxylic acids is 2. The van der Waals surface area contributed by atoms with E-state index in [2.05, 4.69) is 5.32 Å². The first-order valence-electron chi connectivity index (χ1n) is 11.3. The Labute approximate surface area is 218 Å². The van der Waals surface area contributed by atoms with Gasteiger partial charge < -0.3 is 20.1 Å². The SMILES string of the molecule is CC1(C(=O)N2Cc3cc(S(C)(=O)=O)ccc3C2C(=O)Nc2ccc(C(O)(C(F)(F)F)C(F)(F)F)cc2)CCO1. The lowest BCUT2D eigenvalue weighted by molar-refractivity contribution is -0.376. The van der Waals surface area contributed by atoms with E-state index in [0.717, 1.165) is 18.4 Å². The van der Waals surface area contributed by atoms with Crippen molar-refractivity contribution in [3.63, 3.8) is 0 Å². The Kier molecular flexibility index (Phi) is 6.80. The average Bonchev–Trinajstić information content (AvgIpc) is 3.19. The second kappa shape index (κ2) is 9.20. The Morgan fingerprint density at radius 2 is 1.62 bits per heavy atom. The molecule has 2 atom stereocenters. The summed E-state index contributed by atoms with van der Waals surface area (Å²) in [5, 5.41) is 11.9. The van der Waals surface area contributed by atoms with Gasteiger partial charge in [0.05, 0.1) is 11.5 Å². The van der Waals surface area contributed by atoms with Gasteiger partial charge in [-0.05, 0) is 42.3 Å². The molecule has 0 saturated carbocycles. The summed E-state index contributed by atoms with van der Waals surface area (Å²) in [7, 11) is -3.62. The first-order valence-corrected chi connectivity index (χ1v) is 13.2. The number of ether oxygens (including phenoxy) is 1. The fourth-order valence-electron chi connectivity index (χ4n) is 4.51. The zero-order valence-electron chi connectivity index (χ0n) is 20.4. The summed E-state index contributed by atoms with van der Waals surface area (Å²) in [6.45, 7) is 1.70. The molecule has 2 amide bonds. The quantitative estimate of drug-likeness (QED) is 0.523. The van der Waals surface area contributed by atoms with Crippen LogP contribution in [0.3, 0.4) is 0 Å². The molecule has 2 aromatic rings. The number of alkyl halides is 6. The van der Waals surface area contributed by atoms with E-state index in [0.29, 0.717) is 30.7 Å². The number of sulfone groups is 1. The number of nitrogens with zero attached hydrogens (tertiary/aromatic N) is 1. The van der Waals surface area contributed by atoms with Crippen LogP contribution in [0.5, 0.6) is 0 Å². The highest BCUT2D eigenvalue weighted by atomic mass is 32.2. The van der Waals surface area contributed by atoms with Crippen molar-refractivity contribution in [3.05, 3.63) is 59.2 Å². The second-order valence-corrected chi connectivity index (χ2v) is 11.6. The van der Waals surface area contributed by atoms with Gasteiger partial charge in [0.2, 0.25) is 0 Å². The Balaban J connectivity index is 1.66. The van der Waals surface area contributed by atoms with Gasteiger partial charge >= 0.3 is 12.4 Å². The van der Waals surface area contributed by atoms with Crippen molar-refractivity contribution in [1.29, 1.82) is 0 Å². The molecule has 0 aromatic heterocycles. The van der Waals surface area contributed by atoms with Gasteiger partial charge in [0.25, 0.3) is 17.4 Å². The number of halogens is 6. The Hall–Kier alpha value is -3.17. The Morgan fingerprint density at radius 3 is 2.08 bits per heavy atom. The first-order chi connectivity index (χ1) is 17.8. The van der Waals surface area contributed by atoms with Crippen LogP contribution < -0.4 is 5.32 Å². The van der Waals surface area contributed by atoms with Crippen LogP contribution in [0.25, 0.3) is 0 Å². The van der Waals surface area contributed by atoms with Crippen LogP contribution in [0.2, 0.25) is 0 Å². The van der Waals surface area contributed by atoms with Gasteiger partial charge in [-0.2, -0.15) is 26.3 Å². The molecule has 2 N–H and O–H groups in total. The van der Waals surface area contributed by atoms with E-state index in [1.54, 1.807) is 0 Å². The molecule has 1 fully saturated rings. The topological polar surface area (TPSA) is 113 Å². The van der Waals surface area contributed by atoms with E-state index >= 15 is 0 Å². The van der Waals surface area contributed by atoms with Gasteiger partial charge in [0.15, 0.2) is 9.84 Å². The van der Waals surface area contributed by atoms with Gasteiger partial charge in [0, 0.05) is 30.5 Å². The number of amides is 2. The standard InChI is InChI=1S/C24H22F6N2O6S/c1-21(9-10-38-21)20(34)32-12-13-11-16(39(2,36)37)7-8-17(13)18(32)19(33)31-15-5-3-14(4-6-15)22(35,23(25,26)27)24(28,29)30/h3-8,11,18,35H,9-10,12H2,1-2H3,(H,31,33). The van der Waals surface area contributed by atoms with Crippen molar-refractivity contribution >= 4 is 27.3 Å². The number of rotatable bonds is 5. The second-order valence-electron chi connectivity index (χ2n) is 9.57. The molecule has 4 rings (SSSR count). The monoisotopic (exact) mass is 580 g/mol. The van der Waals surface area contributed by atoms with E-state index in [1.807, 2.05) is 0 Å². The molecule has 0 radical (unpaired) electrons. The van der Waals surface area contributed by atoms with Crippen molar-refractivity contribution in [1.82, 2.24) is 4.90 Å². The van der Waals surface area contributed by atoms with Gasteiger partial charge in [-0.3, -0.25) is 9.59 Å². The van der Waals surface area contributed by atoms with Crippen molar-refractivity contribution < 1.29 is 54.2 Å². The summed E-state index contributed by atoms with van der Waals surface area (Å²) in [5.74, 6) is -1.41. The molecule has 2 aliphatic heterocycles. The lowest BCUT2D eigenvalue weighted by atomic mass is 9.92. The van der Waals surface area contributed by atoms with Crippen LogP contribution >= 0.6 is 0 Å². The van der Waals surface area contributed by atoms with Crippen molar-refractivity contribution in [2.24, 2.45) is 0 Å². The summed E-state index contributed by atoms with van der Waals surface area (Å²) < 4.78 is 108. The van der Waals surface area contributed by atoms with Crippen molar-refractivity contribution in [2.75, 3.05) is 18.2 Å². The molecule has 0 aliphatic carbocycles. The number of nitrogens with one attached hydrogen (secondary N) is 1. The third kappa shape index (κ3) is 4.87. The van der Waals surface area contributed by atoms with Crippen molar-refractivity contribution in [2.45, 2.75) is 54.4 Å². The maximum Gasteiger partial charge on any atom is 0.430 e. The van der Waals surface area contributed by atoms with Crippen LogP contribution in [0.4, 0.5) is 32.0 Å². The van der Waals surface area contributed by atoms with E-state index in [1.165, 1.54) is 30.0 Å². The summed E-state index contributed by atoms with van der Waals surface area (Å²) in [6, 6.07) is 4.90. The number of hydrogen-bond acceptors (Lipinski definition) is 6. The number of carbonyl (C=O) groups is 2. The maximum absolute atomic E-state index is 13.3. The molecule has 8 nitrogen and oxygen atoms in total. The summed E-state index contributed by atoms with van der Waals surface area (Å²) in [6.07, 6.45) is -10.8. The molecule has 2 heterocycles. The van der Waals surface area contributed by atoms with E-state index in [4.69, 9.17) is 4.74 Å². The third-order valence-electron chi connectivity index (χ3n) is 6.84. The highest BCUT2D eigenvalue weighted by molar-refractivity contribution is 7.90. The smallest absolute Gasteiger partial charge is 0.369 e. The minimum atomic E-state index is -6.07. The molecule has 2 unspecified atom stereocenters. The molecule has 0 spiro atoms. The van der Waals surface area contributed by atoms with E-state index in [9.17, 15) is 49.5 Å². The lowest BCUT2D eigenvalue weighted by Gasteiger charge is -2.41. The van der Waals surface area contributed by atoms with Crippen LogP contribution in [-0.2, 0) is 36.3 Å². The molecule has 212 valence electrons. The largest absolute Gasteiger partial charge is 0.430 e. The Bertz CT molecular complexity index is 1400. The summed E-state index contributed by atoms with van der Waals surface area (Å²) in [5.41, 5.74) is -7.42. The molecule has 2 aliphatic rings. The van der Waals surface area contributed by atoms with E-state index < -0.39 is 56.8 Å². The number of fused-ring (bicyclic) bond motifs is 1. The molecule has 39 heavy (non-hydrogen) atoms. The van der Waals surface area contributed by atoms with Crippen LogP contribution in [0.15, 0.2) is 47.4 Å². The molecule has 0 bridgehead atoms. The fourth-order valence-corrected chi connectivity index (χ4v) is 5.18. The minimum Gasteiger partial charge on any atom is -0.369 e. The fraction of sp³-hybridized carbons (Fsp3) is 0.417. The van der Waals surface area contributed by atoms with Gasteiger partial charge in [-0.25, -0.2) is 8.42 Å². The van der Waals surface area contributed by atoms with Crippen LogP contribution in [0.1, 0.15) is 36.1 Å². The number of aliphatic hydroxyl groups is 1. The van der Waals surface area contributed by atoms with Gasteiger partial charge in [-0.1, -0.05) is 18.2 Å². The van der Waals surface area contributed by atoms with Gasteiger partial charge in [-0.15, -0.1) is 0 Å². The molecule has 2 aromatic carbocycles. The maximum atomic E-state index is 13.3. The average molecular weight is 581 g/mol. The molecular formula is C24H22F6N2O6S.